The van der Waals surface area contributed by atoms with Crippen molar-refractivity contribution in [3.8, 4) is 11.4 Å². The van der Waals surface area contributed by atoms with Crippen LogP contribution in [-0.2, 0) is 0 Å². The van der Waals surface area contributed by atoms with Gasteiger partial charge in [0.25, 0.3) is 0 Å². The van der Waals surface area contributed by atoms with Crippen LogP contribution in [0.3, 0.4) is 0 Å². The number of ether oxygens (including phenoxy) is 1. The number of rotatable bonds is 5. The Kier molecular flexibility index (Phi) is 4.80. The van der Waals surface area contributed by atoms with Gasteiger partial charge in [-0.3, -0.25) is 4.79 Å². The van der Waals surface area contributed by atoms with Gasteiger partial charge in [0.2, 0.25) is 0 Å². The van der Waals surface area contributed by atoms with Crippen LogP contribution < -0.4 is 4.74 Å². The Morgan fingerprint density at radius 1 is 1.04 bits per heavy atom. The summed E-state index contributed by atoms with van der Waals surface area (Å²) in [5.41, 5.74) is 3.99. The molecule has 0 aliphatic heterocycles. The van der Waals surface area contributed by atoms with E-state index in [9.17, 15) is 4.79 Å². The third-order valence-corrected chi connectivity index (χ3v) is 4.09. The van der Waals surface area contributed by atoms with Crippen molar-refractivity contribution in [1.29, 1.82) is 0 Å². The highest BCUT2D eigenvalue weighted by Gasteiger charge is 2.17. The summed E-state index contributed by atoms with van der Waals surface area (Å²) in [5, 5.41) is 4.53. The van der Waals surface area contributed by atoms with Gasteiger partial charge >= 0.3 is 0 Å². The molecule has 4 heteroatoms. The van der Waals surface area contributed by atoms with E-state index >= 15 is 0 Å². The van der Waals surface area contributed by atoms with Crippen LogP contribution in [0.15, 0.2) is 60.7 Å². The van der Waals surface area contributed by atoms with Gasteiger partial charge in [0, 0.05) is 5.56 Å². The van der Waals surface area contributed by atoms with Crippen molar-refractivity contribution >= 4 is 11.9 Å². The summed E-state index contributed by atoms with van der Waals surface area (Å²) in [6, 6.07) is 17.4. The largest absolute Gasteiger partial charge is 0.496 e. The highest BCUT2D eigenvalue weighted by atomic mass is 16.5. The van der Waals surface area contributed by atoms with Crippen LogP contribution >= 0.6 is 0 Å². The highest BCUT2D eigenvalue weighted by Crippen LogP contribution is 2.21. The topological polar surface area (TPSA) is 44.1 Å². The van der Waals surface area contributed by atoms with Gasteiger partial charge in [-0.1, -0.05) is 36.4 Å². The van der Waals surface area contributed by atoms with Crippen LogP contribution in [0.5, 0.6) is 5.75 Å². The monoisotopic (exact) mass is 332 g/mol. The minimum Gasteiger partial charge on any atom is -0.496 e. The number of carbonyl (C=O) groups is 1. The first kappa shape index (κ1) is 16.7. The Labute approximate surface area is 147 Å². The van der Waals surface area contributed by atoms with Gasteiger partial charge in [-0.05, 0) is 44.2 Å². The predicted molar refractivity (Wildman–Crippen MR) is 99.4 cm³/mol. The molecule has 0 bridgehead atoms. The maximum atomic E-state index is 12.7. The summed E-state index contributed by atoms with van der Waals surface area (Å²) in [4.78, 5) is 12.7. The molecule has 0 aliphatic rings. The maximum Gasteiger partial charge on any atom is 0.189 e. The molecule has 0 saturated carbocycles. The van der Waals surface area contributed by atoms with E-state index in [-0.39, 0.29) is 5.78 Å². The van der Waals surface area contributed by atoms with Crippen LogP contribution in [0, 0.1) is 13.8 Å². The molecule has 0 radical (unpaired) electrons. The van der Waals surface area contributed by atoms with Crippen molar-refractivity contribution in [2.45, 2.75) is 13.8 Å². The van der Waals surface area contributed by atoms with Crippen LogP contribution in [0.4, 0.5) is 0 Å². The average molecular weight is 332 g/mol. The Morgan fingerprint density at radius 2 is 1.72 bits per heavy atom. The van der Waals surface area contributed by atoms with E-state index in [0.29, 0.717) is 5.56 Å². The standard InChI is InChI=1S/C21H20N2O2/c1-15-21(16(2)23(22-15)18-10-5-4-6-11-18)19(24)14-13-17-9-7-8-12-20(17)25-3/h4-14H,1-3H3/b14-13+. The Morgan fingerprint density at radius 3 is 2.44 bits per heavy atom. The van der Waals surface area contributed by atoms with E-state index in [1.165, 1.54) is 0 Å². The van der Waals surface area contributed by atoms with Gasteiger partial charge in [-0.2, -0.15) is 5.10 Å². The quantitative estimate of drug-likeness (QED) is 0.514. The van der Waals surface area contributed by atoms with Crippen LogP contribution in [0.25, 0.3) is 11.8 Å². The van der Waals surface area contributed by atoms with Crippen LogP contribution in [0.2, 0.25) is 0 Å². The fourth-order valence-electron chi connectivity index (χ4n) is 2.87. The summed E-state index contributed by atoms with van der Waals surface area (Å²) in [6.45, 7) is 3.77. The van der Waals surface area contributed by atoms with Crippen molar-refractivity contribution in [3.63, 3.8) is 0 Å². The molecule has 0 saturated heterocycles. The van der Waals surface area contributed by atoms with E-state index in [2.05, 4.69) is 5.10 Å². The molecule has 0 spiro atoms. The molecular weight excluding hydrogens is 312 g/mol. The number of allylic oxidation sites excluding steroid dienone is 1. The van der Waals surface area contributed by atoms with Gasteiger partial charge in [-0.25, -0.2) is 4.68 Å². The molecule has 1 heterocycles. The van der Waals surface area contributed by atoms with Gasteiger partial charge in [0.15, 0.2) is 5.78 Å². The fourth-order valence-corrected chi connectivity index (χ4v) is 2.87. The molecule has 0 aliphatic carbocycles. The van der Waals surface area contributed by atoms with Crippen molar-refractivity contribution in [3.05, 3.63) is 83.2 Å². The van der Waals surface area contributed by atoms with Gasteiger partial charge in [0.1, 0.15) is 5.75 Å². The number of hydrogen-bond donors (Lipinski definition) is 0. The first-order valence-corrected chi connectivity index (χ1v) is 8.09. The van der Waals surface area contributed by atoms with Crippen molar-refractivity contribution in [2.24, 2.45) is 0 Å². The zero-order valence-corrected chi connectivity index (χ0v) is 14.6. The molecule has 0 N–H and O–H groups in total. The van der Waals surface area contributed by atoms with Crippen LogP contribution in [0.1, 0.15) is 27.3 Å². The summed E-state index contributed by atoms with van der Waals surface area (Å²) in [5.74, 6) is 0.670. The number of ketones is 1. The molecule has 0 atom stereocenters. The van der Waals surface area contributed by atoms with Crippen molar-refractivity contribution < 1.29 is 9.53 Å². The second-order valence-electron chi connectivity index (χ2n) is 5.73. The lowest BCUT2D eigenvalue weighted by Crippen LogP contribution is -2.01. The smallest absolute Gasteiger partial charge is 0.189 e. The minimum absolute atomic E-state index is 0.0666. The van der Waals surface area contributed by atoms with Gasteiger partial charge in [-0.15, -0.1) is 0 Å². The second-order valence-corrected chi connectivity index (χ2v) is 5.73. The molecular formula is C21H20N2O2. The number of nitrogens with zero attached hydrogens (tertiary/aromatic N) is 2. The molecule has 0 unspecified atom stereocenters. The highest BCUT2D eigenvalue weighted by molar-refractivity contribution is 6.08. The van der Waals surface area contributed by atoms with E-state index < -0.39 is 0 Å². The number of benzene rings is 2. The number of aromatic nitrogens is 2. The number of aryl methyl sites for hydroxylation is 1. The third-order valence-electron chi connectivity index (χ3n) is 4.09. The van der Waals surface area contributed by atoms with Crippen molar-refractivity contribution in [1.82, 2.24) is 9.78 Å². The molecule has 25 heavy (non-hydrogen) atoms. The number of carbonyl (C=O) groups excluding carboxylic acids is 1. The summed E-state index contributed by atoms with van der Waals surface area (Å²) in [6.07, 6.45) is 3.35. The summed E-state index contributed by atoms with van der Waals surface area (Å²) < 4.78 is 7.12. The Balaban J connectivity index is 1.93. The molecule has 0 fully saturated rings. The predicted octanol–water partition coefficient (Wildman–Crippen LogP) is 4.39. The van der Waals surface area contributed by atoms with E-state index in [1.54, 1.807) is 23.9 Å². The molecule has 4 nitrogen and oxygen atoms in total. The molecule has 3 rings (SSSR count). The molecule has 126 valence electrons. The summed E-state index contributed by atoms with van der Waals surface area (Å²) in [7, 11) is 1.62. The molecule has 1 aromatic heterocycles. The van der Waals surface area contributed by atoms with E-state index in [0.717, 1.165) is 28.4 Å². The number of para-hydroxylation sites is 2. The van der Waals surface area contributed by atoms with Gasteiger partial charge in [0.05, 0.1) is 29.7 Å². The normalized spacial score (nSPS) is 11.0. The average Bonchev–Trinajstić information content (AvgIpc) is 2.95. The van der Waals surface area contributed by atoms with Crippen molar-refractivity contribution in [2.75, 3.05) is 7.11 Å². The molecule has 0 amide bonds. The molecule has 3 aromatic rings. The Hall–Kier alpha value is -3.14. The van der Waals surface area contributed by atoms with E-state index in [4.69, 9.17) is 4.74 Å². The first-order valence-electron chi connectivity index (χ1n) is 8.09. The first-order chi connectivity index (χ1) is 12.1. The lowest BCUT2D eigenvalue weighted by Gasteiger charge is -2.04. The maximum absolute atomic E-state index is 12.7. The van der Waals surface area contributed by atoms with Gasteiger partial charge < -0.3 is 4.74 Å². The molecule has 2 aromatic carbocycles. The lowest BCUT2D eigenvalue weighted by molar-refractivity contribution is 0.104. The Bertz CT molecular complexity index is 924. The summed E-state index contributed by atoms with van der Waals surface area (Å²) >= 11 is 0. The van der Waals surface area contributed by atoms with Crippen LogP contribution in [-0.4, -0.2) is 22.7 Å². The SMILES string of the molecule is COc1ccccc1/C=C/C(=O)c1c(C)nn(-c2ccccc2)c1C. The minimum atomic E-state index is -0.0666. The van der Waals surface area contributed by atoms with E-state index in [1.807, 2.05) is 68.4 Å². The lowest BCUT2D eigenvalue weighted by atomic mass is 10.1. The number of hydrogen-bond acceptors (Lipinski definition) is 3. The number of methoxy groups -OCH3 is 1. The third kappa shape index (κ3) is 3.38. The fraction of sp³-hybridized carbons (Fsp3) is 0.143. The second kappa shape index (κ2) is 7.18. The zero-order valence-electron chi connectivity index (χ0n) is 14.6. The zero-order chi connectivity index (χ0) is 17.8.